The number of hydrogen-bond donors (Lipinski definition) is 1. The van der Waals surface area contributed by atoms with E-state index in [9.17, 15) is 5.11 Å². The number of likely N-dealkylation sites (N-methyl/N-ethyl adjacent to an activating group) is 1. The van der Waals surface area contributed by atoms with Crippen molar-refractivity contribution in [2.45, 2.75) is 52.2 Å². The molecule has 0 spiro atoms. The van der Waals surface area contributed by atoms with Crippen LogP contribution in [0, 0.1) is 11.3 Å². The lowest BCUT2D eigenvalue weighted by molar-refractivity contribution is -0.00163. The van der Waals surface area contributed by atoms with Gasteiger partial charge in [-0.05, 0) is 54.2 Å². The first-order valence-corrected chi connectivity index (χ1v) is 8.66. The first kappa shape index (κ1) is 17.0. The monoisotopic (exact) mass is 357 g/mol. The van der Waals surface area contributed by atoms with Gasteiger partial charge in [-0.2, -0.15) is 5.10 Å². The zero-order chi connectivity index (χ0) is 15.6. The van der Waals surface area contributed by atoms with E-state index in [1.165, 1.54) is 19.3 Å². The third-order valence-corrected chi connectivity index (χ3v) is 5.45. The zero-order valence-electron chi connectivity index (χ0n) is 13.6. The highest BCUT2D eigenvalue weighted by Crippen LogP contribution is 2.47. The first-order chi connectivity index (χ1) is 9.83. The van der Waals surface area contributed by atoms with Crippen LogP contribution < -0.4 is 0 Å². The lowest BCUT2D eigenvalue weighted by Gasteiger charge is -2.41. The van der Waals surface area contributed by atoms with Crippen molar-refractivity contribution < 1.29 is 5.11 Å². The summed E-state index contributed by atoms with van der Waals surface area (Å²) < 4.78 is 2.88. The number of aliphatic hydroxyl groups excluding tert-OH is 1. The molecule has 0 aliphatic heterocycles. The summed E-state index contributed by atoms with van der Waals surface area (Å²) in [6.07, 6.45) is 6.15. The Balaban J connectivity index is 2.21. The molecule has 5 heteroatoms. The van der Waals surface area contributed by atoms with Crippen molar-refractivity contribution >= 4 is 15.9 Å². The van der Waals surface area contributed by atoms with Crippen LogP contribution in [0.25, 0.3) is 0 Å². The van der Waals surface area contributed by atoms with E-state index in [0.29, 0.717) is 5.92 Å². The van der Waals surface area contributed by atoms with Crippen molar-refractivity contribution in [3.05, 3.63) is 16.4 Å². The maximum atomic E-state index is 11.0. The van der Waals surface area contributed by atoms with Gasteiger partial charge >= 0.3 is 0 Å². The fourth-order valence-corrected chi connectivity index (χ4v) is 3.97. The average molecular weight is 358 g/mol. The van der Waals surface area contributed by atoms with Crippen LogP contribution in [0.2, 0.25) is 0 Å². The summed E-state index contributed by atoms with van der Waals surface area (Å²) in [6, 6.07) is 0. The number of aliphatic hydroxyl groups is 1. The minimum absolute atomic E-state index is 0.188. The lowest BCUT2D eigenvalue weighted by Crippen LogP contribution is -2.34. The van der Waals surface area contributed by atoms with Crippen molar-refractivity contribution in [1.82, 2.24) is 14.7 Å². The van der Waals surface area contributed by atoms with Crippen molar-refractivity contribution in [3.63, 3.8) is 0 Å². The van der Waals surface area contributed by atoms with Crippen molar-refractivity contribution in [2.24, 2.45) is 11.3 Å². The molecule has 120 valence electrons. The molecule has 2 atom stereocenters. The Kier molecular flexibility index (Phi) is 5.49. The summed E-state index contributed by atoms with van der Waals surface area (Å²) in [4.78, 5) is 2.14. The predicted molar refractivity (Wildman–Crippen MR) is 89.2 cm³/mol. The Bertz CT molecular complexity index is 470. The highest BCUT2D eigenvalue weighted by Gasteiger charge is 2.39. The molecule has 1 aliphatic rings. The molecule has 0 amide bonds. The van der Waals surface area contributed by atoms with E-state index < -0.39 is 6.10 Å². The third-order valence-electron chi connectivity index (χ3n) is 4.84. The van der Waals surface area contributed by atoms with Crippen LogP contribution in [0.3, 0.4) is 0 Å². The molecule has 0 radical (unpaired) electrons. The predicted octanol–water partition coefficient (Wildman–Crippen LogP) is 3.46. The Morgan fingerprint density at radius 3 is 2.81 bits per heavy atom. The molecule has 4 nitrogen and oxygen atoms in total. The molecule has 21 heavy (non-hydrogen) atoms. The number of aromatic nitrogens is 2. The van der Waals surface area contributed by atoms with E-state index in [-0.39, 0.29) is 5.41 Å². The number of hydrogen-bond acceptors (Lipinski definition) is 3. The van der Waals surface area contributed by atoms with Crippen LogP contribution >= 0.6 is 15.9 Å². The van der Waals surface area contributed by atoms with Crippen LogP contribution in [-0.2, 0) is 6.54 Å². The average Bonchev–Trinajstić information content (AvgIpc) is 2.76. The van der Waals surface area contributed by atoms with Crippen LogP contribution in [0.4, 0.5) is 0 Å². The SMILES string of the molecule is CN(C)CCn1ncc(Br)c1C(O)C1CCCCC1(C)C. The standard InChI is InChI=1S/C16H28BrN3O/c1-16(2)8-6-5-7-12(16)15(21)14-13(17)11-18-20(14)10-9-19(3)4/h11-12,15,21H,5-10H2,1-4H3. The normalized spacial score (nSPS) is 23.5. The molecular weight excluding hydrogens is 330 g/mol. The van der Waals surface area contributed by atoms with Crippen molar-refractivity contribution in [2.75, 3.05) is 20.6 Å². The van der Waals surface area contributed by atoms with Gasteiger partial charge in [0.1, 0.15) is 6.10 Å². The molecule has 1 aromatic rings. The highest BCUT2D eigenvalue weighted by atomic mass is 79.9. The Morgan fingerprint density at radius 1 is 1.48 bits per heavy atom. The Labute approximate surface area is 136 Å². The maximum absolute atomic E-state index is 11.0. The molecule has 1 saturated carbocycles. The fraction of sp³-hybridized carbons (Fsp3) is 0.812. The molecule has 1 fully saturated rings. The second kappa shape index (κ2) is 6.80. The smallest absolute Gasteiger partial charge is 0.100 e. The molecule has 0 aromatic carbocycles. The van der Waals surface area contributed by atoms with Crippen LogP contribution in [0.5, 0.6) is 0 Å². The summed E-state index contributed by atoms with van der Waals surface area (Å²) in [5.74, 6) is 0.303. The van der Waals surface area contributed by atoms with Gasteiger partial charge in [-0.15, -0.1) is 0 Å². The van der Waals surface area contributed by atoms with Crippen molar-refractivity contribution in [1.29, 1.82) is 0 Å². The van der Waals surface area contributed by atoms with Gasteiger partial charge in [-0.1, -0.05) is 26.7 Å². The van der Waals surface area contributed by atoms with E-state index >= 15 is 0 Å². The van der Waals surface area contributed by atoms with E-state index in [0.717, 1.165) is 29.7 Å². The van der Waals surface area contributed by atoms with Gasteiger partial charge in [-0.3, -0.25) is 4.68 Å². The van der Waals surface area contributed by atoms with E-state index in [2.05, 4.69) is 53.9 Å². The lowest BCUT2D eigenvalue weighted by atomic mass is 9.66. The Morgan fingerprint density at radius 2 is 2.19 bits per heavy atom. The van der Waals surface area contributed by atoms with Crippen LogP contribution in [0.15, 0.2) is 10.7 Å². The summed E-state index contributed by atoms with van der Waals surface area (Å²) in [6.45, 7) is 6.29. The minimum atomic E-state index is -0.445. The zero-order valence-corrected chi connectivity index (χ0v) is 15.2. The number of nitrogens with zero attached hydrogens (tertiary/aromatic N) is 3. The van der Waals surface area contributed by atoms with Gasteiger partial charge in [-0.25, -0.2) is 0 Å². The van der Waals surface area contributed by atoms with Gasteiger partial charge in [0.05, 0.1) is 22.9 Å². The third kappa shape index (κ3) is 3.88. The number of rotatable bonds is 5. The van der Waals surface area contributed by atoms with Gasteiger partial charge in [0.25, 0.3) is 0 Å². The second-order valence-corrected chi connectivity index (χ2v) is 8.04. The molecule has 0 saturated heterocycles. The van der Waals surface area contributed by atoms with Gasteiger partial charge < -0.3 is 10.0 Å². The summed E-state index contributed by atoms with van der Waals surface area (Å²) in [5.41, 5.74) is 1.13. The van der Waals surface area contributed by atoms with Gasteiger partial charge in [0, 0.05) is 6.54 Å². The molecule has 1 heterocycles. The van der Waals surface area contributed by atoms with E-state index in [1.807, 2.05) is 10.9 Å². The molecule has 2 rings (SSSR count). The summed E-state index contributed by atoms with van der Waals surface area (Å²) >= 11 is 3.57. The molecule has 1 N–H and O–H groups in total. The maximum Gasteiger partial charge on any atom is 0.100 e. The minimum Gasteiger partial charge on any atom is -0.386 e. The van der Waals surface area contributed by atoms with Crippen LogP contribution in [0.1, 0.15) is 51.3 Å². The van der Waals surface area contributed by atoms with Gasteiger partial charge in [0.15, 0.2) is 0 Å². The highest BCUT2D eigenvalue weighted by molar-refractivity contribution is 9.10. The Hall–Kier alpha value is -0.390. The second-order valence-electron chi connectivity index (χ2n) is 7.19. The fourth-order valence-electron chi connectivity index (χ4n) is 3.44. The van der Waals surface area contributed by atoms with Crippen molar-refractivity contribution in [3.8, 4) is 0 Å². The summed E-state index contributed by atoms with van der Waals surface area (Å²) in [5, 5.41) is 15.4. The quantitative estimate of drug-likeness (QED) is 0.877. The number of halogens is 1. The molecule has 2 unspecified atom stereocenters. The topological polar surface area (TPSA) is 41.3 Å². The van der Waals surface area contributed by atoms with Crippen LogP contribution in [-0.4, -0.2) is 40.4 Å². The van der Waals surface area contributed by atoms with Gasteiger partial charge in [0.2, 0.25) is 0 Å². The molecule has 1 aliphatic carbocycles. The van der Waals surface area contributed by atoms with E-state index in [4.69, 9.17) is 0 Å². The largest absolute Gasteiger partial charge is 0.386 e. The summed E-state index contributed by atoms with van der Waals surface area (Å²) in [7, 11) is 4.11. The molecular formula is C16H28BrN3O. The molecule has 1 aromatic heterocycles. The molecule has 0 bridgehead atoms. The first-order valence-electron chi connectivity index (χ1n) is 7.87. The van der Waals surface area contributed by atoms with E-state index in [1.54, 1.807) is 0 Å².